The largest absolute Gasteiger partial charge is 0.453 e. The molecule has 0 aliphatic carbocycles. The van der Waals surface area contributed by atoms with Gasteiger partial charge in [0.25, 0.3) is 5.92 Å². The van der Waals surface area contributed by atoms with Crippen LogP contribution < -0.4 is 10.1 Å². The fourth-order valence-electron chi connectivity index (χ4n) is 5.24. The van der Waals surface area contributed by atoms with E-state index in [4.69, 9.17) is 14.2 Å². The summed E-state index contributed by atoms with van der Waals surface area (Å²) in [5.41, 5.74) is 2.05. The van der Waals surface area contributed by atoms with Gasteiger partial charge in [-0.2, -0.15) is 29.2 Å². The first kappa shape index (κ1) is 30.6. The fraction of sp³-hybridized carbons (Fsp3) is 0.448. The number of anilines is 2. The lowest BCUT2D eigenvalue weighted by Gasteiger charge is -2.22. The molecular formula is C29H34F2N10O3Si. The third-order valence-electron chi connectivity index (χ3n) is 7.59. The summed E-state index contributed by atoms with van der Waals surface area (Å²) >= 11 is 0. The number of pyridine rings is 2. The zero-order valence-corrected chi connectivity index (χ0v) is 26.8. The highest BCUT2D eigenvalue weighted by Crippen LogP contribution is 2.38. The van der Waals surface area contributed by atoms with Crippen LogP contribution in [0.4, 0.5) is 20.5 Å². The number of aromatic nitrogens is 8. The Kier molecular flexibility index (Phi) is 8.01. The summed E-state index contributed by atoms with van der Waals surface area (Å²) in [4.78, 5) is 13.5. The first-order valence-corrected chi connectivity index (χ1v) is 18.3. The number of nitrogens with zero attached hydrogens (tertiary/aromatic N) is 9. The number of hydrogen-bond donors (Lipinski definition) is 1. The van der Waals surface area contributed by atoms with E-state index < -0.39 is 14.0 Å². The monoisotopic (exact) mass is 636 g/mol. The van der Waals surface area contributed by atoms with Crippen molar-refractivity contribution in [2.75, 3.05) is 19.0 Å². The van der Waals surface area contributed by atoms with Crippen LogP contribution in [0.2, 0.25) is 25.7 Å². The molecular weight excluding hydrogens is 602 g/mol. The highest BCUT2D eigenvalue weighted by Gasteiger charge is 2.38. The second-order valence-electron chi connectivity index (χ2n) is 12.2. The molecule has 0 saturated carbocycles. The minimum absolute atomic E-state index is 0.138. The average Bonchev–Trinajstić information content (AvgIpc) is 3.65. The lowest BCUT2D eigenvalue weighted by atomic mass is 10.1. The van der Waals surface area contributed by atoms with Crippen molar-refractivity contribution < 1.29 is 23.0 Å². The van der Waals surface area contributed by atoms with E-state index in [0.717, 1.165) is 11.4 Å². The van der Waals surface area contributed by atoms with Gasteiger partial charge in [0.15, 0.2) is 22.9 Å². The molecule has 0 unspecified atom stereocenters. The lowest BCUT2D eigenvalue weighted by molar-refractivity contribution is -0.0364. The Balaban J connectivity index is 1.27. The minimum atomic E-state index is -2.94. The minimum Gasteiger partial charge on any atom is -0.453 e. The van der Waals surface area contributed by atoms with E-state index >= 15 is 0 Å². The van der Waals surface area contributed by atoms with Gasteiger partial charge in [-0.15, -0.1) is 0 Å². The predicted octanol–water partition coefficient (Wildman–Crippen LogP) is 5.66. The Morgan fingerprint density at radius 2 is 1.98 bits per heavy atom. The van der Waals surface area contributed by atoms with Crippen molar-refractivity contribution >= 4 is 42.0 Å². The number of methoxy groups -OCH3 is 1. The van der Waals surface area contributed by atoms with Crippen molar-refractivity contribution in [3.8, 4) is 17.6 Å². The topological polar surface area (TPSA) is 143 Å². The van der Waals surface area contributed by atoms with Crippen LogP contribution in [0.5, 0.6) is 11.5 Å². The van der Waals surface area contributed by atoms with Crippen LogP contribution in [0.25, 0.3) is 22.2 Å². The number of hydrogen-bond acceptors (Lipinski definition) is 10. The maximum Gasteiger partial charge on any atom is 0.289 e. The number of rotatable bonds is 11. The number of imidazole rings is 1. The molecule has 0 fully saturated rings. The summed E-state index contributed by atoms with van der Waals surface area (Å²) in [5, 5.41) is 22.8. The van der Waals surface area contributed by atoms with Crippen molar-refractivity contribution in [2.24, 2.45) is 7.05 Å². The van der Waals surface area contributed by atoms with Gasteiger partial charge in [0.2, 0.25) is 5.95 Å². The highest BCUT2D eigenvalue weighted by atomic mass is 28.3. The molecule has 1 aliphatic heterocycles. The van der Waals surface area contributed by atoms with Gasteiger partial charge < -0.3 is 24.1 Å². The maximum absolute atomic E-state index is 14.4. The van der Waals surface area contributed by atoms with Gasteiger partial charge in [0.1, 0.15) is 35.3 Å². The van der Waals surface area contributed by atoms with Gasteiger partial charge in [0.05, 0.1) is 24.7 Å². The zero-order chi connectivity index (χ0) is 31.9. The predicted molar refractivity (Wildman–Crippen MR) is 164 cm³/mol. The summed E-state index contributed by atoms with van der Waals surface area (Å²) in [5.74, 6) is -1.85. The molecule has 0 saturated heterocycles. The molecule has 0 spiro atoms. The van der Waals surface area contributed by atoms with Crippen LogP contribution in [-0.2, 0) is 42.3 Å². The van der Waals surface area contributed by atoms with Gasteiger partial charge in [-0.3, -0.25) is 4.68 Å². The Morgan fingerprint density at radius 1 is 1.16 bits per heavy atom. The molecule has 0 atom stereocenters. The number of fused-ring (bicyclic) bond motifs is 3. The quantitative estimate of drug-likeness (QED) is 0.142. The van der Waals surface area contributed by atoms with Crippen molar-refractivity contribution in [1.29, 1.82) is 5.26 Å². The second-order valence-corrected chi connectivity index (χ2v) is 17.8. The Hall–Kier alpha value is -4.46. The summed E-state index contributed by atoms with van der Waals surface area (Å²) in [6, 6.07) is 6.36. The molecule has 6 rings (SSSR count). The Morgan fingerprint density at radius 3 is 2.71 bits per heavy atom. The first-order valence-electron chi connectivity index (χ1n) is 14.6. The van der Waals surface area contributed by atoms with Gasteiger partial charge in [0, 0.05) is 53.3 Å². The fourth-order valence-corrected chi connectivity index (χ4v) is 5.99. The van der Waals surface area contributed by atoms with Crippen LogP contribution in [-0.4, -0.2) is 60.9 Å². The SMILES string of the molecule is COCc1nn(COCC[Si](C)(C)C)c2ncc(Oc3cnc4nc(Nc5cc6n(n5)CCCC6(F)F)n(C)c4c3C#N)cc12. The van der Waals surface area contributed by atoms with E-state index in [-0.39, 0.29) is 54.2 Å². The summed E-state index contributed by atoms with van der Waals surface area (Å²) in [6.45, 7) is 8.49. The summed E-state index contributed by atoms with van der Waals surface area (Å²) in [6.07, 6.45) is 3.10. The molecule has 45 heavy (non-hydrogen) atoms. The first-order chi connectivity index (χ1) is 21.5. The van der Waals surface area contributed by atoms with Crippen molar-refractivity contribution in [2.45, 2.75) is 64.3 Å². The molecule has 1 aliphatic rings. The van der Waals surface area contributed by atoms with Gasteiger partial charge in [-0.1, -0.05) is 19.6 Å². The molecule has 5 aromatic rings. The van der Waals surface area contributed by atoms with Crippen LogP contribution in [0, 0.1) is 11.3 Å². The molecule has 1 N–H and O–H groups in total. The summed E-state index contributed by atoms with van der Waals surface area (Å²) < 4.78 is 50.8. The Bertz CT molecular complexity index is 1920. The number of aryl methyl sites for hydroxylation is 2. The number of nitriles is 1. The van der Waals surface area contributed by atoms with Crippen LogP contribution in [0.3, 0.4) is 0 Å². The molecule has 0 radical (unpaired) electrons. The van der Waals surface area contributed by atoms with E-state index in [1.54, 1.807) is 35.7 Å². The third kappa shape index (κ3) is 6.10. The highest BCUT2D eigenvalue weighted by molar-refractivity contribution is 6.76. The molecule has 5 aromatic heterocycles. The summed E-state index contributed by atoms with van der Waals surface area (Å²) in [7, 11) is 2.06. The van der Waals surface area contributed by atoms with Crippen LogP contribution in [0.15, 0.2) is 24.5 Å². The molecule has 0 aromatic carbocycles. The van der Waals surface area contributed by atoms with Gasteiger partial charge in [-0.25, -0.2) is 14.6 Å². The van der Waals surface area contributed by atoms with E-state index in [0.29, 0.717) is 42.2 Å². The normalized spacial score (nSPS) is 14.5. The molecule has 0 bridgehead atoms. The van der Waals surface area contributed by atoms with Gasteiger partial charge in [-0.05, 0) is 18.5 Å². The van der Waals surface area contributed by atoms with E-state index in [9.17, 15) is 14.0 Å². The Labute approximate surface area is 258 Å². The standard InChI is InChI=1S/C29H34F2N10O3Si/c1-39-25-20(13-32)22(15-33-26(25)36-28(39)35-24-12-23-29(30,31)7-6-8-40(23)38-24)44-18-11-19-21(16-42-2)37-41(27(19)34-14-18)17-43-9-10-45(3,4)5/h11-12,14-15H,6-10,16-17H2,1-5H3,(H,33,35,36,38). The molecule has 16 heteroatoms. The number of nitrogens with one attached hydrogen (secondary N) is 1. The lowest BCUT2D eigenvalue weighted by Crippen LogP contribution is -2.25. The average molecular weight is 637 g/mol. The molecule has 6 heterocycles. The number of alkyl halides is 2. The molecule has 236 valence electrons. The second kappa shape index (κ2) is 11.8. The third-order valence-corrected chi connectivity index (χ3v) is 9.29. The molecule has 13 nitrogen and oxygen atoms in total. The van der Waals surface area contributed by atoms with Crippen LogP contribution >= 0.6 is 0 Å². The van der Waals surface area contributed by atoms with Crippen molar-refractivity contribution in [1.82, 2.24) is 39.1 Å². The van der Waals surface area contributed by atoms with Crippen LogP contribution in [0.1, 0.15) is 29.8 Å². The van der Waals surface area contributed by atoms with E-state index in [2.05, 4.69) is 56.2 Å². The van der Waals surface area contributed by atoms with E-state index in [1.807, 2.05) is 0 Å². The number of ether oxygens (including phenoxy) is 3. The van der Waals surface area contributed by atoms with E-state index in [1.165, 1.54) is 16.9 Å². The van der Waals surface area contributed by atoms with Gasteiger partial charge >= 0.3 is 0 Å². The zero-order valence-electron chi connectivity index (χ0n) is 25.8. The maximum atomic E-state index is 14.4. The van der Waals surface area contributed by atoms with Crippen molar-refractivity contribution in [3.63, 3.8) is 0 Å². The molecule has 0 amide bonds. The number of halogens is 2. The van der Waals surface area contributed by atoms with Crippen molar-refractivity contribution in [3.05, 3.63) is 41.5 Å². The smallest absolute Gasteiger partial charge is 0.289 e.